The number of carbonyl (C=O) groups excluding carboxylic acids is 1. The molecule has 2 aromatic rings. The molecule has 0 unspecified atom stereocenters. The second-order valence-electron chi connectivity index (χ2n) is 5.10. The van der Waals surface area contributed by atoms with Gasteiger partial charge in [-0.15, -0.1) is 11.3 Å². The molecule has 21 heavy (non-hydrogen) atoms. The van der Waals surface area contributed by atoms with E-state index in [1.165, 1.54) is 11.3 Å². The summed E-state index contributed by atoms with van der Waals surface area (Å²) >= 11 is 7.42. The van der Waals surface area contributed by atoms with Gasteiger partial charge in [0, 0.05) is 23.0 Å². The summed E-state index contributed by atoms with van der Waals surface area (Å²) in [5.41, 5.74) is 1.08. The number of carbonyl (C=O) groups is 1. The van der Waals surface area contributed by atoms with Crippen molar-refractivity contribution in [1.29, 1.82) is 0 Å². The zero-order valence-electron chi connectivity index (χ0n) is 11.7. The average molecular weight is 322 g/mol. The minimum atomic E-state index is 0.0929. The molecule has 1 saturated heterocycles. The molecule has 0 N–H and O–H groups in total. The monoisotopic (exact) mass is 321 g/mol. The highest BCUT2D eigenvalue weighted by Gasteiger charge is 2.23. The minimum absolute atomic E-state index is 0.0929. The predicted octanol–water partition coefficient (Wildman–Crippen LogP) is 3.93. The standard InChI is InChI=1S/C16H16ClNO2S/c1-11-10-18(8-9-20-11)16(19)15-7-6-14(21-15)12-2-4-13(17)5-3-12/h2-7,11H,8-10H2,1H3/t11-/m1/s1. The minimum Gasteiger partial charge on any atom is -0.375 e. The average Bonchev–Trinajstić information content (AvgIpc) is 2.97. The van der Waals surface area contributed by atoms with Crippen LogP contribution in [0.3, 0.4) is 0 Å². The van der Waals surface area contributed by atoms with Gasteiger partial charge in [0.25, 0.3) is 5.91 Å². The van der Waals surface area contributed by atoms with Crippen molar-refractivity contribution in [3.63, 3.8) is 0 Å². The highest BCUT2D eigenvalue weighted by molar-refractivity contribution is 7.17. The Morgan fingerprint density at radius 2 is 2.05 bits per heavy atom. The molecule has 1 aliphatic heterocycles. The summed E-state index contributed by atoms with van der Waals surface area (Å²) in [6.45, 7) is 3.93. The van der Waals surface area contributed by atoms with Crippen molar-refractivity contribution in [2.75, 3.05) is 19.7 Å². The van der Waals surface area contributed by atoms with Crippen molar-refractivity contribution in [3.05, 3.63) is 46.3 Å². The number of hydrogen-bond acceptors (Lipinski definition) is 3. The summed E-state index contributed by atoms with van der Waals surface area (Å²) in [6.07, 6.45) is 0.110. The molecule has 3 nitrogen and oxygen atoms in total. The number of nitrogens with zero attached hydrogens (tertiary/aromatic N) is 1. The third kappa shape index (κ3) is 3.28. The highest BCUT2D eigenvalue weighted by atomic mass is 35.5. The molecule has 3 rings (SSSR count). The van der Waals surface area contributed by atoms with E-state index in [4.69, 9.17) is 16.3 Å². The van der Waals surface area contributed by atoms with Crippen LogP contribution >= 0.6 is 22.9 Å². The van der Waals surface area contributed by atoms with Crippen LogP contribution in [0.2, 0.25) is 5.02 Å². The van der Waals surface area contributed by atoms with Crippen LogP contribution in [-0.2, 0) is 4.74 Å². The van der Waals surface area contributed by atoms with Crippen LogP contribution in [0.15, 0.2) is 36.4 Å². The van der Waals surface area contributed by atoms with Crippen molar-refractivity contribution < 1.29 is 9.53 Å². The second kappa shape index (κ2) is 6.18. The zero-order valence-corrected chi connectivity index (χ0v) is 13.3. The Labute approximate surface area is 133 Å². The van der Waals surface area contributed by atoms with E-state index in [1.807, 2.05) is 48.2 Å². The summed E-state index contributed by atoms with van der Waals surface area (Å²) in [5.74, 6) is 0.0929. The Hall–Kier alpha value is -1.36. The van der Waals surface area contributed by atoms with Crippen LogP contribution in [-0.4, -0.2) is 36.6 Å². The maximum Gasteiger partial charge on any atom is 0.264 e. The summed E-state index contributed by atoms with van der Waals surface area (Å²) in [7, 11) is 0. The molecule has 0 radical (unpaired) electrons. The van der Waals surface area contributed by atoms with Crippen molar-refractivity contribution in [3.8, 4) is 10.4 Å². The first-order chi connectivity index (χ1) is 10.1. The second-order valence-corrected chi connectivity index (χ2v) is 6.62. The lowest BCUT2D eigenvalue weighted by atomic mass is 10.2. The molecule has 1 aromatic carbocycles. The molecule has 0 aliphatic carbocycles. The molecule has 1 atom stereocenters. The van der Waals surface area contributed by atoms with E-state index in [9.17, 15) is 4.79 Å². The molecule has 5 heteroatoms. The highest BCUT2D eigenvalue weighted by Crippen LogP contribution is 2.30. The Kier molecular flexibility index (Phi) is 4.29. The molecular weight excluding hydrogens is 306 g/mol. The van der Waals surface area contributed by atoms with Gasteiger partial charge in [0.1, 0.15) is 0 Å². The van der Waals surface area contributed by atoms with Crippen LogP contribution in [0.4, 0.5) is 0 Å². The third-order valence-electron chi connectivity index (χ3n) is 3.47. The van der Waals surface area contributed by atoms with E-state index in [1.54, 1.807) is 0 Å². The maximum absolute atomic E-state index is 12.5. The number of morpholine rings is 1. The Bertz CT molecular complexity index is 638. The predicted molar refractivity (Wildman–Crippen MR) is 86.1 cm³/mol. The number of thiophene rings is 1. The molecule has 1 aliphatic rings. The van der Waals surface area contributed by atoms with Gasteiger partial charge in [0.15, 0.2) is 0 Å². The van der Waals surface area contributed by atoms with Crippen LogP contribution in [0.5, 0.6) is 0 Å². The van der Waals surface area contributed by atoms with E-state index in [0.717, 1.165) is 15.3 Å². The summed E-state index contributed by atoms with van der Waals surface area (Å²) in [5, 5.41) is 0.717. The van der Waals surface area contributed by atoms with E-state index in [2.05, 4.69) is 0 Å². The van der Waals surface area contributed by atoms with E-state index in [-0.39, 0.29) is 12.0 Å². The molecule has 110 valence electrons. The lowest BCUT2D eigenvalue weighted by molar-refractivity contribution is -0.0122. The molecule has 0 bridgehead atoms. The SMILES string of the molecule is C[C@@H]1CN(C(=O)c2ccc(-c3ccc(Cl)cc3)s2)CCO1. The molecule has 0 spiro atoms. The van der Waals surface area contributed by atoms with Crippen molar-refractivity contribution >= 4 is 28.8 Å². The molecule has 2 heterocycles. The van der Waals surface area contributed by atoms with Crippen LogP contribution in [0.25, 0.3) is 10.4 Å². The number of rotatable bonds is 2. The van der Waals surface area contributed by atoms with Crippen molar-refractivity contribution in [2.45, 2.75) is 13.0 Å². The maximum atomic E-state index is 12.5. The van der Waals surface area contributed by atoms with E-state index < -0.39 is 0 Å². The molecule has 1 fully saturated rings. The number of hydrogen-bond donors (Lipinski definition) is 0. The fraction of sp³-hybridized carbons (Fsp3) is 0.312. The number of benzene rings is 1. The number of halogens is 1. The van der Waals surface area contributed by atoms with Crippen LogP contribution in [0.1, 0.15) is 16.6 Å². The topological polar surface area (TPSA) is 29.5 Å². The quantitative estimate of drug-likeness (QED) is 0.838. The van der Waals surface area contributed by atoms with Gasteiger partial charge in [-0.05, 0) is 36.8 Å². The summed E-state index contributed by atoms with van der Waals surface area (Å²) in [6, 6.07) is 11.6. The van der Waals surface area contributed by atoms with Gasteiger partial charge in [-0.1, -0.05) is 23.7 Å². The van der Waals surface area contributed by atoms with Crippen molar-refractivity contribution in [1.82, 2.24) is 4.90 Å². The Morgan fingerprint density at radius 1 is 1.29 bits per heavy atom. The van der Waals surface area contributed by atoms with Gasteiger partial charge in [0.05, 0.1) is 17.6 Å². The summed E-state index contributed by atoms with van der Waals surface area (Å²) < 4.78 is 5.48. The van der Waals surface area contributed by atoms with Crippen molar-refractivity contribution in [2.24, 2.45) is 0 Å². The first-order valence-corrected chi connectivity index (χ1v) is 8.09. The number of ether oxygens (including phenoxy) is 1. The largest absolute Gasteiger partial charge is 0.375 e. The molecule has 1 amide bonds. The number of amides is 1. The Balaban J connectivity index is 1.78. The smallest absolute Gasteiger partial charge is 0.264 e. The fourth-order valence-electron chi connectivity index (χ4n) is 2.38. The lowest BCUT2D eigenvalue weighted by Gasteiger charge is -2.30. The van der Waals surface area contributed by atoms with Gasteiger partial charge in [-0.25, -0.2) is 0 Å². The normalized spacial score (nSPS) is 18.8. The molecular formula is C16H16ClNO2S. The Morgan fingerprint density at radius 3 is 2.76 bits per heavy atom. The van der Waals surface area contributed by atoms with Gasteiger partial charge in [0.2, 0.25) is 0 Å². The van der Waals surface area contributed by atoms with Crippen LogP contribution in [0, 0.1) is 0 Å². The van der Waals surface area contributed by atoms with Gasteiger partial charge in [-0.2, -0.15) is 0 Å². The van der Waals surface area contributed by atoms with Gasteiger partial charge < -0.3 is 9.64 Å². The third-order valence-corrected chi connectivity index (χ3v) is 4.85. The first kappa shape index (κ1) is 14.6. The first-order valence-electron chi connectivity index (χ1n) is 6.90. The van der Waals surface area contributed by atoms with E-state index >= 15 is 0 Å². The molecule has 0 saturated carbocycles. The summed E-state index contributed by atoms with van der Waals surface area (Å²) in [4.78, 5) is 16.2. The molecule has 1 aromatic heterocycles. The van der Waals surface area contributed by atoms with Gasteiger partial charge in [-0.3, -0.25) is 4.79 Å². The van der Waals surface area contributed by atoms with Crippen LogP contribution < -0.4 is 0 Å². The fourth-order valence-corrected chi connectivity index (χ4v) is 3.49. The van der Waals surface area contributed by atoms with E-state index in [0.29, 0.717) is 24.7 Å². The zero-order chi connectivity index (χ0) is 14.8. The lowest BCUT2D eigenvalue weighted by Crippen LogP contribution is -2.44. The van der Waals surface area contributed by atoms with Gasteiger partial charge >= 0.3 is 0 Å².